The molecule has 0 unspecified atom stereocenters. The van der Waals surface area contributed by atoms with Gasteiger partial charge in [-0.3, -0.25) is 4.79 Å². The highest BCUT2D eigenvalue weighted by Crippen LogP contribution is 2.24. The second kappa shape index (κ2) is 5.71. The number of piperidine rings is 1. The van der Waals surface area contributed by atoms with Crippen LogP contribution in [-0.4, -0.2) is 34.5 Å². The molecule has 8 heteroatoms. The predicted molar refractivity (Wildman–Crippen MR) is 62.6 cm³/mol. The molecule has 4 nitrogen and oxygen atoms in total. The van der Waals surface area contributed by atoms with Gasteiger partial charge in [-0.25, -0.2) is 22.4 Å². The summed E-state index contributed by atoms with van der Waals surface area (Å²) in [6, 6.07) is -0.953. The molecular formula is C13H11F4NO3. The second-order valence-corrected chi connectivity index (χ2v) is 4.70. The summed E-state index contributed by atoms with van der Waals surface area (Å²) >= 11 is 0. The molecule has 0 aliphatic carbocycles. The van der Waals surface area contributed by atoms with E-state index in [1.54, 1.807) is 0 Å². The Hall–Kier alpha value is -2.12. The zero-order chi connectivity index (χ0) is 15.7. The van der Waals surface area contributed by atoms with Crippen molar-refractivity contribution in [2.24, 2.45) is 0 Å². The molecule has 0 radical (unpaired) electrons. The maximum absolute atomic E-state index is 13.6. The van der Waals surface area contributed by atoms with E-state index in [9.17, 15) is 27.2 Å². The number of hydrogen-bond donors (Lipinski definition) is 1. The average Bonchev–Trinajstić information content (AvgIpc) is 2.48. The topological polar surface area (TPSA) is 57.6 Å². The van der Waals surface area contributed by atoms with Crippen molar-refractivity contribution < 1.29 is 32.3 Å². The van der Waals surface area contributed by atoms with Crippen molar-refractivity contribution in [1.29, 1.82) is 0 Å². The highest BCUT2D eigenvalue weighted by molar-refractivity contribution is 5.97. The predicted octanol–water partition coefficient (Wildman–Crippen LogP) is 2.32. The number of nitrogens with zero attached hydrogens (tertiary/aromatic N) is 1. The molecule has 2 rings (SSSR count). The van der Waals surface area contributed by atoms with Crippen LogP contribution in [0.4, 0.5) is 17.6 Å². The smallest absolute Gasteiger partial charge is 0.326 e. The van der Waals surface area contributed by atoms with Crippen LogP contribution in [-0.2, 0) is 4.79 Å². The number of amides is 1. The normalized spacial score (nSPS) is 18.7. The van der Waals surface area contributed by atoms with Crippen molar-refractivity contribution in [2.75, 3.05) is 6.54 Å². The molecule has 1 aliphatic heterocycles. The van der Waals surface area contributed by atoms with E-state index in [0.29, 0.717) is 12.8 Å². The summed E-state index contributed by atoms with van der Waals surface area (Å²) < 4.78 is 52.8. The quantitative estimate of drug-likeness (QED) is 0.518. The van der Waals surface area contributed by atoms with Crippen molar-refractivity contribution >= 4 is 11.9 Å². The fourth-order valence-corrected chi connectivity index (χ4v) is 2.31. The lowest BCUT2D eigenvalue weighted by Crippen LogP contribution is -2.48. The first-order valence-electron chi connectivity index (χ1n) is 6.21. The van der Waals surface area contributed by atoms with Crippen molar-refractivity contribution in [3.63, 3.8) is 0 Å². The SMILES string of the molecule is O=C(O)[C@@H]1CCCCN1C(=O)c1cc(F)c(F)c(F)c1F. The average molecular weight is 305 g/mol. The number of halogens is 4. The zero-order valence-electron chi connectivity index (χ0n) is 10.7. The summed E-state index contributed by atoms with van der Waals surface area (Å²) in [4.78, 5) is 24.0. The van der Waals surface area contributed by atoms with Gasteiger partial charge in [0.1, 0.15) is 6.04 Å². The van der Waals surface area contributed by atoms with Crippen molar-refractivity contribution in [3.05, 3.63) is 34.9 Å². The standard InChI is InChI=1S/C13H11F4NO3/c14-7-5-6(9(15)11(17)10(7)16)12(19)18-4-2-1-3-8(18)13(20)21/h5,8H,1-4H2,(H,20,21)/t8-/m0/s1. The minimum atomic E-state index is -2.10. The number of carbonyl (C=O) groups excluding carboxylic acids is 1. The van der Waals surface area contributed by atoms with Gasteiger partial charge < -0.3 is 10.0 Å². The van der Waals surface area contributed by atoms with Crippen LogP contribution in [0, 0.1) is 23.3 Å². The number of likely N-dealkylation sites (tertiary alicyclic amines) is 1. The third kappa shape index (κ3) is 2.70. The van der Waals surface area contributed by atoms with Gasteiger partial charge in [-0.05, 0) is 25.3 Å². The van der Waals surface area contributed by atoms with Gasteiger partial charge in [-0.15, -0.1) is 0 Å². The molecule has 1 saturated heterocycles. The van der Waals surface area contributed by atoms with Gasteiger partial charge in [0.05, 0.1) is 5.56 Å². The Balaban J connectivity index is 2.42. The first-order valence-corrected chi connectivity index (χ1v) is 6.21. The molecule has 1 aliphatic rings. The zero-order valence-corrected chi connectivity index (χ0v) is 10.7. The molecule has 1 N–H and O–H groups in total. The summed E-state index contributed by atoms with van der Waals surface area (Å²) in [7, 11) is 0. The molecule has 1 aromatic carbocycles. The molecule has 1 heterocycles. The Kier molecular flexibility index (Phi) is 4.15. The molecule has 1 fully saturated rings. The van der Waals surface area contributed by atoms with E-state index in [1.807, 2.05) is 0 Å². The minimum Gasteiger partial charge on any atom is -0.480 e. The number of carboxylic acid groups (broad SMARTS) is 1. The summed E-state index contributed by atoms with van der Waals surface area (Å²) in [6.07, 6.45) is 1.22. The highest BCUT2D eigenvalue weighted by atomic mass is 19.2. The monoisotopic (exact) mass is 305 g/mol. The van der Waals surface area contributed by atoms with Gasteiger partial charge in [0.15, 0.2) is 23.3 Å². The van der Waals surface area contributed by atoms with E-state index < -0.39 is 46.8 Å². The van der Waals surface area contributed by atoms with E-state index in [1.165, 1.54) is 0 Å². The molecule has 0 aromatic heterocycles. The number of benzene rings is 1. The first-order chi connectivity index (χ1) is 9.84. The van der Waals surface area contributed by atoms with Gasteiger partial charge in [0.2, 0.25) is 0 Å². The van der Waals surface area contributed by atoms with E-state index in [2.05, 4.69) is 0 Å². The number of hydrogen-bond acceptors (Lipinski definition) is 2. The first kappa shape index (κ1) is 15.3. The van der Waals surface area contributed by atoms with Crippen LogP contribution in [0.25, 0.3) is 0 Å². The Morgan fingerprint density at radius 2 is 1.76 bits per heavy atom. The number of rotatable bonds is 2. The molecule has 0 saturated carbocycles. The molecule has 114 valence electrons. The summed E-state index contributed by atoms with van der Waals surface area (Å²) in [5.74, 6) is -10.1. The van der Waals surface area contributed by atoms with Crippen molar-refractivity contribution in [3.8, 4) is 0 Å². The molecule has 1 amide bonds. The minimum absolute atomic E-state index is 0.0237. The van der Waals surface area contributed by atoms with Crippen LogP contribution in [0.5, 0.6) is 0 Å². The van der Waals surface area contributed by atoms with Crippen LogP contribution >= 0.6 is 0 Å². The number of carbonyl (C=O) groups is 2. The van der Waals surface area contributed by atoms with Crippen LogP contribution in [0.2, 0.25) is 0 Å². The number of aliphatic carboxylic acids is 1. The van der Waals surface area contributed by atoms with Gasteiger partial charge in [0, 0.05) is 6.54 Å². The van der Waals surface area contributed by atoms with Gasteiger partial charge in [-0.1, -0.05) is 0 Å². The lowest BCUT2D eigenvalue weighted by Gasteiger charge is -2.33. The fraction of sp³-hybridized carbons (Fsp3) is 0.385. The summed E-state index contributed by atoms with van der Waals surface area (Å²) in [5, 5.41) is 9.03. The van der Waals surface area contributed by atoms with Crippen LogP contribution in [0.3, 0.4) is 0 Å². The van der Waals surface area contributed by atoms with Crippen LogP contribution in [0.1, 0.15) is 29.6 Å². The van der Waals surface area contributed by atoms with Gasteiger partial charge in [0.25, 0.3) is 5.91 Å². The molecule has 1 aromatic rings. The van der Waals surface area contributed by atoms with Crippen molar-refractivity contribution in [1.82, 2.24) is 4.90 Å². The maximum atomic E-state index is 13.6. The van der Waals surface area contributed by atoms with E-state index >= 15 is 0 Å². The molecule has 21 heavy (non-hydrogen) atoms. The lowest BCUT2D eigenvalue weighted by atomic mass is 10.0. The lowest BCUT2D eigenvalue weighted by molar-refractivity contribution is -0.143. The second-order valence-electron chi connectivity index (χ2n) is 4.70. The molecule has 0 spiro atoms. The van der Waals surface area contributed by atoms with Gasteiger partial charge >= 0.3 is 5.97 Å². The van der Waals surface area contributed by atoms with Crippen LogP contribution in [0.15, 0.2) is 6.07 Å². The third-order valence-corrected chi connectivity index (χ3v) is 3.38. The summed E-state index contributed by atoms with van der Waals surface area (Å²) in [6.45, 7) is 0.0237. The van der Waals surface area contributed by atoms with E-state index in [0.717, 1.165) is 4.90 Å². The van der Waals surface area contributed by atoms with Crippen molar-refractivity contribution in [2.45, 2.75) is 25.3 Å². The Labute approximate surface area is 117 Å². The van der Waals surface area contributed by atoms with Crippen LogP contribution < -0.4 is 0 Å². The Bertz CT molecular complexity index is 606. The molecular weight excluding hydrogens is 294 g/mol. The third-order valence-electron chi connectivity index (χ3n) is 3.38. The van der Waals surface area contributed by atoms with Gasteiger partial charge in [-0.2, -0.15) is 0 Å². The van der Waals surface area contributed by atoms with E-state index in [4.69, 9.17) is 5.11 Å². The summed E-state index contributed by atoms with van der Waals surface area (Å²) in [5.41, 5.74) is -1.01. The maximum Gasteiger partial charge on any atom is 0.326 e. The Morgan fingerprint density at radius 1 is 1.10 bits per heavy atom. The largest absolute Gasteiger partial charge is 0.480 e. The fourth-order valence-electron chi connectivity index (χ4n) is 2.31. The highest BCUT2D eigenvalue weighted by Gasteiger charge is 2.35. The molecule has 0 bridgehead atoms. The molecule has 1 atom stereocenters. The number of carboxylic acids is 1. The Morgan fingerprint density at radius 3 is 2.38 bits per heavy atom. The van der Waals surface area contributed by atoms with E-state index in [-0.39, 0.29) is 19.0 Å².